The summed E-state index contributed by atoms with van der Waals surface area (Å²) in [4.78, 5) is 14.6. The first-order chi connectivity index (χ1) is 9.94. The average Bonchev–Trinajstić information content (AvgIpc) is 2.93. The van der Waals surface area contributed by atoms with Gasteiger partial charge in [0.15, 0.2) is 5.60 Å². The van der Waals surface area contributed by atoms with Crippen LogP contribution >= 0.6 is 11.3 Å². The lowest BCUT2D eigenvalue weighted by atomic mass is 10.1. The predicted molar refractivity (Wildman–Crippen MR) is 79.3 cm³/mol. The summed E-state index contributed by atoms with van der Waals surface area (Å²) in [6.07, 6.45) is 0. The molecule has 0 atom stereocenters. The van der Waals surface area contributed by atoms with Crippen molar-refractivity contribution in [1.29, 1.82) is 0 Å². The topological polar surface area (TPSA) is 68.7 Å². The number of nitrogens with zero attached hydrogens (tertiary/aromatic N) is 1. The van der Waals surface area contributed by atoms with Crippen LogP contribution in [-0.4, -0.2) is 28.8 Å². The van der Waals surface area contributed by atoms with E-state index >= 15 is 0 Å². The van der Waals surface area contributed by atoms with Gasteiger partial charge < -0.3 is 14.6 Å². The molecule has 1 aromatic rings. The number of benzene rings is 1. The molecule has 0 saturated carbocycles. The number of aliphatic carboxylic acids is 1. The number of carbonyl (C=O) groups is 1. The van der Waals surface area contributed by atoms with E-state index in [9.17, 15) is 4.79 Å². The molecule has 2 aliphatic rings. The molecule has 112 valence electrons. The van der Waals surface area contributed by atoms with Crippen molar-refractivity contribution >= 4 is 17.3 Å². The van der Waals surface area contributed by atoms with Gasteiger partial charge in [-0.15, -0.1) is 11.3 Å². The van der Waals surface area contributed by atoms with Gasteiger partial charge in [0.2, 0.25) is 0 Å². The highest BCUT2D eigenvalue weighted by molar-refractivity contribution is 7.07. The van der Waals surface area contributed by atoms with Crippen LogP contribution in [0.15, 0.2) is 29.1 Å². The average molecular weight is 307 g/mol. The van der Waals surface area contributed by atoms with Crippen LogP contribution in [0.2, 0.25) is 0 Å². The minimum atomic E-state index is -1.15. The molecule has 1 N–H and O–H groups in total. The molecule has 1 heterocycles. The van der Waals surface area contributed by atoms with Gasteiger partial charge >= 0.3 is 5.97 Å². The summed E-state index contributed by atoms with van der Waals surface area (Å²) in [6, 6.07) is 6.18. The Kier molecular flexibility index (Phi) is 4.59. The molecular formula is C15H17NO4S. The van der Waals surface area contributed by atoms with Gasteiger partial charge in [-0.05, 0) is 25.1 Å². The van der Waals surface area contributed by atoms with Crippen molar-refractivity contribution < 1.29 is 19.4 Å². The molecule has 0 aliphatic heterocycles. The molecule has 2 aliphatic carbocycles. The monoisotopic (exact) mass is 307 g/mol. The number of carboxylic acids is 1. The lowest BCUT2D eigenvalue weighted by molar-refractivity contribution is -0.162. The molecule has 0 saturated heterocycles. The van der Waals surface area contributed by atoms with Crippen LogP contribution in [0.4, 0.5) is 0 Å². The van der Waals surface area contributed by atoms with Crippen LogP contribution in [0.5, 0.6) is 5.75 Å². The lowest BCUT2D eigenvalue weighted by Crippen LogP contribution is -2.34. The summed E-state index contributed by atoms with van der Waals surface area (Å²) in [7, 11) is 1.70. The molecular weight excluding hydrogens is 290 g/mol. The zero-order valence-corrected chi connectivity index (χ0v) is 12.9. The van der Waals surface area contributed by atoms with Crippen molar-refractivity contribution in [3.63, 3.8) is 0 Å². The van der Waals surface area contributed by atoms with E-state index in [0.717, 1.165) is 11.4 Å². The summed E-state index contributed by atoms with van der Waals surface area (Å²) < 4.78 is 10.2. The van der Waals surface area contributed by atoms with E-state index in [1.807, 2.05) is 11.4 Å². The number of methoxy groups -OCH3 is 1. The molecule has 6 heteroatoms. The molecule has 0 bridgehead atoms. The summed E-state index contributed by atoms with van der Waals surface area (Å²) >= 11 is 1.46. The van der Waals surface area contributed by atoms with Gasteiger partial charge in [0.25, 0.3) is 0 Å². The third-order valence-corrected chi connectivity index (χ3v) is 3.73. The fourth-order valence-electron chi connectivity index (χ4n) is 1.55. The van der Waals surface area contributed by atoms with E-state index in [0.29, 0.717) is 0 Å². The number of aromatic nitrogens is 1. The molecule has 0 unspecified atom stereocenters. The zero-order chi connectivity index (χ0) is 15.5. The zero-order valence-electron chi connectivity index (χ0n) is 12.1. The summed E-state index contributed by atoms with van der Waals surface area (Å²) in [5.74, 6) is 0.0604. The minimum Gasteiger partial charge on any atom is -0.496 e. The molecule has 5 nitrogen and oxygen atoms in total. The second-order valence-electron chi connectivity index (χ2n) is 5.00. The highest BCUT2D eigenvalue weighted by atomic mass is 32.1. The Bertz CT molecular complexity index is 710. The van der Waals surface area contributed by atoms with Crippen LogP contribution in [0.1, 0.15) is 19.5 Å². The summed E-state index contributed by atoms with van der Waals surface area (Å²) in [5, 5.41) is 13.2. The lowest BCUT2D eigenvalue weighted by Gasteiger charge is -2.18. The quantitative estimate of drug-likeness (QED) is 0.785. The van der Waals surface area contributed by atoms with Gasteiger partial charge in [0, 0.05) is 10.6 Å². The van der Waals surface area contributed by atoms with E-state index in [2.05, 4.69) is 17.1 Å². The van der Waals surface area contributed by atoms with Crippen molar-refractivity contribution in [3.05, 3.63) is 45.2 Å². The van der Waals surface area contributed by atoms with Crippen LogP contribution in [-0.2, 0) is 16.1 Å². The first-order valence-electron chi connectivity index (χ1n) is 6.37. The number of hydrogen-bond donors (Lipinski definition) is 1. The Morgan fingerprint density at radius 1 is 1.43 bits per heavy atom. The number of ether oxygens (including phenoxy) is 2. The first kappa shape index (κ1) is 15.5. The number of carboxylic acid groups (broad SMARTS) is 1. The van der Waals surface area contributed by atoms with E-state index in [1.165, 1.54) is 35.6 Å². The Morgan fingerprint density at radius 2 is 2.19 bits per heavy atom. The van der Waals surface area contributed by atoms with E-state index in [1.54, 1.807) is 12.6 Å². The first-order valence-corrected chi connectivity index (χ1v) is 7.31. The van der Waals surface area contributed by atoms with Crippen LogP contribution < -0.4 is 4.74 Å². The van der Waals surface area contributed by atoms with E-state index in [-0.39, 0.29) is 6.61 Å². The maximum Gasteiger partial charge on any atom is 0.335 e. The summed E-state index contributed by atoms with van der Waals surface area (Å²) in [5.41, 5.74) is 1.30. The van der Waals surface area contributed by atoms with E-state index < -0.39 is 11.6 Å². The van der Waals surface area contributed by atoms with Gasteiger partial charge in [-0.2, -0.15) is 0 Å². The Balaban J connectivity index is 0.000000170. The van der Waals surface area contributed by atoms with Crippen molar-refractivity contribution in [2.24, 2.45) is 0 Å². The number of rotatable bonds is 5. The third kappa shape index (κ3) is 3.59. The Labute approximate surface area is 126 Å². The van der Waals surface area contributed by atoms with Crippen molar-refractivity contribution in [2.75, 3.05) is 7.11 Å². The SMILES string of the molecule is CC(C)(OCc1cscn1)C(=O)O.COc1cc2ccc1=2. The Morgan fingerprint density at radius 3 is 2.52 bits per heavy atom. The molecule has 0 spiro atoms. The van der Waals surface area contributed by atoms with Gasteiger partial charge in [-0.25, -0.2) is 9.78 Å². The third-order valence-electron chi connectivity index (χ3n) is 3.09. The summed E-state index contributed by atoms with van der Waals surface area (Å²) in [6.45, 7) is 3.27. The molecule has 0 amide bonds. The van der Waals surface area contributed by atoms with Crippen LogP contribution in [0, 0.1) is 10.4 Å². The van der Waals surface area contributed by atoms with Crippen molar-refractivity contribution in [2.45, 2.75) is 26.1 Å². The number of hydrogen-bond acceptors (Lipinski definition) is 5. The highest BCUT2D eigenvalue weighted by Gasteiger charge is 2.27. The fourth-order valence-corrected chi connectivity index (χ4v) is 2.09. The van der Waals surface area contributed by atoms with Gasteiger partial charge in [0.1, 0.15) is 5.75 Å². The maximum absolute atomic E-state index is 10.6. The molecule has 3 rings (SSSR count). The van der Waals surface area contributed by atoms with Gasteiger partial charge in [-0.3, -0.25) is 0 Å². The van der Waals surface area contributed by atoms with Crippen molar-refractivity contribution in [3.8, 4) is 5.75 Å². The second kappa shape index (κ2) is 6.24. The molecule has 0 radical (unpaired) electrons. The molecule has 21 heavy (non-hydrogen) atoms. The van der Waals surface area contributed by atoms with Crippen LogP contribution in [0.25, 0.3) is 0 Å². The number of thiazole rings is 1. The standard InChI is InChI=1S/C8H11NO3S.C7H6O/c1-8(2,7(10)11)12-3-6-4-13-5-9-6;1-8-7-4-5-2-3-6(5)7/h4-5H,3H2,1-2H3,(H,10,11);2-4H,1H3. The molecule has 0 fully saturated rings. The van der Waals surface area contributed by atoms with Gasteiger partial charge in [0.05, 0.1) is 24.9 Å². The fraction of sp³-hybridized carbons (Fsp3) is 0.333. The Hall–Kier alpha value is -1.92. The van der Waals surface area contributed by atoms with Gasteiger partial charge in [-0.1, -0.05) is 12.1 Å². The van der Waals surface area contributed by atoms with E-state index in [4.69, 9.17) is 14.6 Å². The minimum absolute atomic E-state index is 0.239. The maximum atomic E-state index is 10.6. The van der Waals surface area contributed by atoms with Crippen LogP contribution in [0.3, 0.4) is 0 Å². The smallest absolute Gasteiger partial charge is 0.335 e. The largest absolute Gasteiger partial charge is 0.496 e. The molecule has 1 aromatic heterocycles. The molecule has 0 aromatic carbocycles. The predicted octanol–water partition coefficient (Wildman–Crippen LogP) is 2.82. The highest BCUT2D eigenvalue weighted by Crippen LogP contribution is 2.22. The van der Waals surface area contributed by atoms with Crippen molar-refractivity contribution in [1.82, 2.24) is 4.98 Å². The second-order valence-corrected chi connectivity index (χ2v) is 5.72. The normalized spacial score (nSPS) is 11.4.